The van der Waals surface area contributed by atoms with E-state index < -0.39 is 16.0 Å². The number of benzene rings is 2. The van der Waals surface area contributed by atoms with Gasteiger partial charge in [-0.25, -0.2) is 17.9 Å². The van der Waals surface area contributed by atoms with Crippen LogP contribution in [0, 0.1) is 0 Å². The highest BCUT2D eigenvalue weighted by molar-refractivity contribution is 9.10. The largest absolute Gasteiger partial charge is 0.478 e. The van der Waals surface area contributed by atoms with Gasteiger partial charge in [0.1, 0.15) is 4.90 Å². The number of hydrogen-bond acceptors (Lipinski definition) is 4. The number of aromatic carboxylic acids is 1. The monoisotopic (exact) mass is 421 g/mol. The van der Waals surface area contributed by atoms with Gasteiger partial charge in [-0.2, -0.15) is 5.10 Å². The first-order valence-electron chi connectivity index (χ1n) is 7.02. The Morgan fingerprint density at radius 3 is 2.44 bits per heavy atom. The molecule has 3 aromatic rings. The minimum Gasteiger partial charge on any atom is -0.478 e. The number of halogens is 1. The van der Waals surface area contributed by atoms with Crippen molar-refractivity contribution in [2.24, 2.45) is 0 Å². The van der Waals surface area contributed by atoms with Gasteiger partial charge < -0.3 is 5.11 Å². The van der Waals surface area contributed by atoms with Gasteiger partial charge >= 0.3 is 5.97 Å². The number of sulfonamides is 1. The molecule has 7 nitrogen and oxygen atoms in total. The van der Waals surface area contributed by atoms with Crippen LogP contribution in [0.1, 0.15) is 10.4 Å². The molecular formula is C16H12BrN3O4S. The second-order valence-corrected chi connectivity index (χ2v) is 7.56. The molecule has 0 aliphatic heterocycles. The highest BCUT2D eigenvalue weighted by Crippen LogP contribution is 2.26. The van der Waals surface area contributed by atoms with Crippen molar-refractivity contribution in [2.75, 3.05) is 4.72 Å². The molecule has 25 heavy (non-hydrogen) atoms. The van der Waals surface area contributed by atoms with Crippen molar-refractivity contribution in [3.63, 3.8) is 0 Å². The Morgan fingerprint density at radius 2 is 1.88 bits per heavy atom. The molecule has 2 aromatic carbocycles. The molecule has 1 aromatic heterocycles. The van der Waals surface area contributed by atoms with E-state index in [9.17, 15) is 13.2 Å². The molecule has 0 saturated carbocycles. The Kier molecular flexibility index (Phi) is 4.60. The van der Waals surface area contributed by atoms with Crippen molar-refractivity contribution in [1.82, 2.24) is 9.78 Å². The predicted molar refractivity (Wildman–Crippen MR) is 95.5 cm³/mol. The first-order valence-corrected chi connectivity index (χ1v) is 9.30. The summed E-state index contributed by atoms with van der Waals surface area (Å²) >= 11 is 3.11. The summed E-state index contributed by atoms with van der Waals surface area (Å²) in [5.41, 5.74) is 1.17. The molecule has 0 bridgehead atoms. The summed E-state index contributed by atoms with van der Waals surface area (Å²) in [4.78, 5) is 10.9. The van der Waals surface area contributed by atoms with Crippen molar-refractivity contribution >= 4 is 37.6 Å². The number of hydrogen-bond donors (Lipinski definition) is 2. The van der Waals surface area contributed by atoms with Crippen molar-refractivity contribution in [3.05, 3.63) is 71.0 Å². The number of carbonyl (C=O) groups is 1. The fourth-order valence-electron chi connectivity index (χ4n) is 2.17. The van der Waals surface area contributed by atoms with E-state index in [2.05, 4.69) is 25.8 Å². The fraction of sp³-hybridized carbons (Fsp3) is 0. The van der Waals surface area contributed by atoms with Crippen LogP contribution in [-0.4, -0.2) is 29.3 Å². The van der Waals surface area contributed by atoms with E-state index >= 15 is 0 Å². The second kappa shape index (κ2) is 6.69. The number of anilines is 1. The average molecular weight is 422 g/mol. The fourth-order valence-corrected chi connectivity index (χ4v) is 4.30. The lowest BCUT2D eigenvalue weighted by Crippen LogP contribution is -2.14. The predicted octanol–water partition coefficient (Wildman–Crippen LogP) is 3.13. The summed E-state index contributed by atoms with van der Waals surface area (Å²) < 4.78 is 29.3. The van der Waals surface area contributed by atoms with Crippen LogP contribution in [0.25, 0.3) is 5.69 Å². The van der Waals surface area contributed by atoms with Crippen LogP contribution >= 0.6 is 15.9 Å². The third kappa shape index (κ3) is 3.72. The van der Waals surface area contributed by atoms with Crippen molar-refractivity contribution in [2.45, 2.75) is 4.90 Å². The molecule has 0 amide bonds. The van der Waals surface area contributed by atoms with Gasteiger partial charge in [-0.3, -0.25) is 4.72 Å². The Labute approximate surface area is 152 Å². The zero-order chi connectivity index (χ0) is 18.0. The number of carboxylic acid groups (broad SMARTS) is 1. The van der Waals surface area contributed by atoms with E-state index in [1.165, 1.54) is 18.2 Å². The summed E-state index contributed by atoms with van der Waals surface area (Å²) in [7, 11) is -3.87. The standard InChI is InChI=1S/C16H12BrN3O4S/c17-14-10-11(16(21)22)2-7-15(14)25(23,24)19-12-3-5-13(6-4-12)20-9-1-8-18-20/h1-10,19H,(H,21,22). The van der Waals surface area contributed by atoms with Crippen LogP contribution < -0.4 is 4.72 Å². The average Bonchev–Trinajstić information content (AvgIpc) is 3.09. The Morgan fingerprint density at radius 1 is 1.16 bits per heavy atom. The maximum absolute atomic E-state index is 12.5. The molecule has 0 aliphatic carbocycles. The van der Waals surface area contributed by atoms with Gasteiger partial charge in [0.2, 0.25) is 0 Å². The van der Waals surface area contributed by atoms with Crippen LogP contribution in [0.5, 0.6) is 0 Å². The molecule has 0 atom stereocenters. The molecule has 128 valence electrons. The van der Waals surface area contributed by atoms with Gasteiger partial charge in [-0.15, -0.1) is 0 Å². The van der Waals surface area contributed by atoms with Crippen molar-refractivity contribution in [1.29, 1.82) is 0 Å². The summed E-state index contributed by atoms with van der Waals surface area (Å²) in [6, 6.07) is 12.2. The topological polar surface area (TPSA) is 101 Å². The molecule has 0 aliphatic rings. The lowest BCUT2D eigenvalue weighted by molar-refractivity contribution is 0.0696. The number of carboxylic acids is 1. The van der Waals surface area contributed by atoms with E-state index in [0.717, 1.165) is 5.69 Å². The Balaban J connectivity index is 1.85. The number of aromatic nitrogens is 2. The Bertz CT molecular complexity index is 1020. The van der Waals surface area contributed by atoms with Crippen molar-refractivity contribution in [3.8, 4) is 5.69 Å². The normalized spacial score (nSPS) is 11.2. The smallest absolute Gasteiger partial charge is 0.335 e. The SMILES string of the molecule is O=C(O)c1ccc(S(=O)(=O)Nc2ccc(-n3cccn3)cc2)c(Br)c1. The van der Waals surface area contributed by atoms with E-state index in [4.69, 9.17) is 5.11 Å². The zero-order valence-electron chi connectivity index (χ0n) is 12.6. The van der Waals surface area contributed by atoms with Crippen LogP contribution in [0.15, 0.2) is 70.3 Å². The third-order valence-electron chi connectivity index (χ3n) is 3.36. The van der Waals surface area contributed by atoms with Crippen molar-refractivity contribution < 1.29 is 18.3 Å². The van der Waals surface area contributed by atoms with E-state index in [-0.39, 0.29) is 14.9 Å². The van der Waals surface area contributed by atoms with Crippen LogP contribution in [0.2, 0.25) is 0 Å². The van der Waals surface area contributed by atoms with Gasteiger partial charge in [-0.05, 0) is 64.5 Å². The molecule has 0 saturated heterocycles. The summed E-state index contributed by atoms with van der Waals surface area (Å²) in [5.74, 6) is -1.13. The molecule has 0 spiro atoms. The van der Waals surface area contributed by atoms with Crippen LogP contribution in [-0.2, 0) is 10.0 Å². The lowest BCUT2D eigenvalue weighted by atomic mass is 10.2. The third-order valence-corrected chi connectivity index (χ3v) is 5.71. The van der Waals surface area contributed by atoms with E-state index in [0.29, 0.717) is 5.69 Å². The van der Waals surface area contributed by atoms with E-state index in [1.807, 2.05) is 0 Å². The molecule has 9 heteroatoms. The Hall–Kier alpha value is -2.65. The molecule has 0 unspecified atom stereocenters. The second-order valence-electron chi connectivity index (χ2n) is 5.05. The lowest BCUT2D eigenvalue weighted by Gasteiger charge is -2.11. The molecule has 0 radical (unpaired) electrons. The minimum absolute atomic E-state index is 0.00518. The van der Waals surface area contributed by atoms with E-state index in [1.54, 1.807) is 47.4 Å². The minimum atomic E-state index is -3.87. The van der Waals surface area contributed by atoms with Gasteiger partial charge in [-0.1, -0.05) is 0 Å². The highest BCUT2D eigenvalue weighted by Gasteiger charge is 2.19. The number of nitrogens with one attached hydrogen (secondary N) is 1. The summed E-state index contributed by atoms with van der Waals surface area (Å²) in [6.45, 7) is 0. The first kappa shape index (κ1) is 17.2. The first-order chi connectivity index (χ1) is 11.9. The van der Waals surface area contributed by atoms with Gasteiger partial charge in [0.25, 0.3) is 10.0 Å². The number of rotatable bonds is 5. The molecule has 3 rings (SSSR count). The van der Waals surface area contributed by atoms with Crippen LogP contribution in [0.4, 0.5) is 5.69 Å². The number of nitrogens with zero attached hydrogens (tertiary/aromatic N) is 2. The van der Waals surface area contributed by atoms with Gasteiger partial charge in [0.05, 0.1) is 11.3 Å². The zero-order valence-corrected chi connectivity index (χ0v) is 15.0. The maximum Gasteiger partial charge on any atom is 0.335 e. The molecule has 0 fully saturated rings. The van der Waals surface area contributed by atoms with Crippen LogP contribution in [0.3, 0.4) is 0 Å². The molecule has 1 heterocycles. The van der Waals surface area contributed by atoms with Gasteiger partial charge in [0.15, 0.2) is 0 Å². The summed E-state index contributed by atoms with van der Waals surface area (Å²) in [5, 5.41) is 13.0. The maximum atomic E-state index is 12.5. The molecule has 2 N–H and O–H groups in total. The highest BCUT2D eigenvalue weighted by atomic mass is 79.9. The van der Waals surface area contributed by atoms with Gasteiger partial charge in [0, 0.05) is 22.6 Å². The summed E-state index contributed by atoms with van der Waals surface area (Å²) in [6.07, 6.45) is 3.43. The quantitative estimate of drug-likeness (QED) is 0.658. The molecular weight excluding hydrogens is 410 g/mol.